The van der Waals surface area contributed by atoms with Gasteiger partial charge in [-0.2, -0.15) is 0 Å². The lowest BCUT2D eigenvalue weighted by Crippen LogP contribution is -2.52. The van der Waals surface area contributed by atoms with Gasteiger partial charge in [-0.25, -0.2) is 0 Å². The standard InChI is InChI=1S/C16H34N2O2/c1-6-7-8-9-10-17-15(13(4)5)16(20)18-14(11-19)12(2)3/h12-15,17,19H,6-11H2,1-5H3,(H,18,20)/t14-,15+/m1/s1. The number of carbonyl (C=O) groups is 1. The van der Waals surface area contributed by atoms with Crippen LogP contribution in [0.1, 0.15) is 60.3 Å². The van der Waals surface area contributed by atoms with E-state index >= 15 is 0 Å². The molecular formula is C16H34N2O2. The second-order valence-corrected chi connectivity index (χ2v) is 6.28. The maximum absolute atomic E-state index is 12.3. The van der Waals surface area contributed by atoms with Crippen molar-refractivity contribution < 1.29 is 9.90 Å². The predicted octanol–water partition coefficient (Wildman–Crippen LogP) is 2.31. The Balaban J connectivity index is 4.25. The summed E-state index contributed by atoms with van der Waals surface area (Å²) in [5.74, 6) is 0.484. The minimum absolute atomic E-state index is 0.00300. The van der Waals surface area contributed by atoms with Crippen molar-refractivity contribution in [1.82, 2.24) is 10.6 Å². The lowest BCUT2D eigenvalue weighted by Gasteiger charge is -2.26. The molecule has 0 heterocycles. The van der Waals surface area contributed by atoms with E-state index in [0.717, 1.165) is 13.0 Å². The normalized spacial score (nSPS) is 14.6. The smallest absolute Gasteiger partial charge is 0.237 e. The highest BCUT2D eigenvalue weighted by Gasteiger charge is 2.24. The van der Waals surface area contributed by atoms with E-state index in [0.29, 0.717) is 0 Å². The second-order valence-electron chi connectivity index (χ2n) is 6.28. The highest BCUT2D eigenvalue weighted by Crippen LogP contribution is 2.06. The van der Waals surface area contributed by atoms with Gasteiger partial charge in [0.2, 0.25) is 5.91 Å². The zero-order valence-electron chi connectivity index (χ0n) is 13.9. The molecule has 0 saturated carbocycles. The van der Waals surface area contributed by atoms with E-state index in [1.54, 1.807) is 0 Å². The zero-order valence-corrected chi connectivity index (χ0v) is 13.9. The maximum Gasteiger partial charge on any atom is 0.237 e. The number of hydrogen-bond acceptors (Lipinski definition) is 3. The quantitative estimate of drug-likeness (QED) is 0.511. The van der Waals surface area contributed by atoms with E-state index < -0.39 is 0 Å². The first-order chi connectivity index (χ1) is 9.43. The Morgan fingerprint density at radius 1 is 1.05 bits per heavy atom. The summed E-state index contributed by atoms with van der Waals surface area (Å²) < 4.78 is 0. The molecule has 0 aliphatic rings. The fraction of sp³-hybridized carbons (Fsp3) is 0.938. The Labute approximate surface area is 124 Å². The number of rotatable bonds is 11. The van der Waals surface area contributed by atoms with Crippen molar-refractivity contribution in [2.75, 3.05) is 13.2 Å². The van der Waals surface area contributed by atoms with Crippen molar-refractivity contribution in [2.24, 2.45) is 11.8 Å². The van der Waals surface area contributed by atoms with E-state index in [1.165, 1.54) is 19.3 Å². The summed E-state index contributed by atoms with van der Waals surface area (Å²) >= 11 is 0. The summed E-state index contributed by atoms with van der Waals surface area (Å²) in [5.41, 5.74) is 0. The average molecular weight is 286 g/mol. The van der Waals surface area contributed by atoms with Gasteiger partial charge in [-0.3, -0.25) is 4.79 Å². The third-order valence-electron chi connectivity index (χ3n) is 3.67. The minimum Gasteiger partial charge on any atom is -0.394 e. The number of aliphatic hydroxyl groups excluding tert-OH is 1. The first-order valence-electron chi connectivity index (χ1n) is 8.08. The lowest BCUT2D eigenvalue weighted by molar-refractivity contribution is -0.125. The molecule has 20 heavy (non-hydrogen) atoms. The Kier molecular flexibility index (Phi) is 10.8. The number of unbranched alkanes of at least 4 members (excludes halogenated alkanes) is 3. The fourth-order valence-electron chi connectivity index (χ4n) is 2.14. The van der Waals surface area contributed by atoms with Crippen molar-refractivity contribution >= 4 is 5.91 Å². The van der Waals surface area contributed by atoms with E-state index in [4.69, 9.17) is 0 Å². The molecule has 0 aromatic rings. The molecular weight excluding hydrogens is 252 g/mol. The Morgan fingerprint density at radius 3 is 2.15 bits per heavy atom. The number of hydrogen-bond donors (Lipinski definition) is 3. The first kappa shape index (κ1) is 19.4. The molecule has 120 valence electrons. The van der Waals surface area contributed by atoms with Crippen LogP contribution in [0.25, 0.3) is 0 Å². The third kappa shape index (κ3) is 7.85. The number of carbonyl (C=O) groups excluding carboxylic acids is 1. The molecule has 1 amide bonds. The van der Waals surface area contributed by atoms with Gasteiger partial charge in [0.15, 0.2) is 0 Å². The molecule has 0 radical (unpaired) electrons. The molecule has 0 fully saturated rings. The van der Waals surface area contributed by atoms with Crippen molar-refractivity contribution in [3.8, 4) is 0 Å². The average Bonchev–Trinajstić information content (AvgIpc) is 2.38. The van der Waals surface area contributed by atoms with Crippen molar-refractivity contribution in [3.05, 3.63) is 0 Å². The van der Waals surface area contributed by atoms with E-state index in [1.807, 2.05) is 27.7 Å². The molecule has 0 unspecified atom stereocenters. The molecule has 0 rings (SSSR count). The van der Waals surface area contributed by atoms with Gasteiger partial charge in [-0.15, -0.1) is 0 Å². The van der Waals surface area contributed by atoms with Gasteiger partial charge in [0, 0.05) is 0 Å². The van der Waals surface area contributed by atoms with Crippen LogP contribution in [0.5, 0.6) is 0 Å². The molecule has 0 spiro atoms. The maximum atomic E-state index is 12.3. The van der Waals surface area contributed by atoms with Gasteiger partial charge < -0.3 is 15.7 Å². The van der Waals surface area contributed by atoms with Crippen LogP contribution in [-0.2, 0) is 4.79 Å². The summed E-state index contributed by atoms with van der Waals surface area (Å²) in [4.78, 5) is 12.3. The SMILES string of the molecule is CCCCCCN[C@H](C(=O)N[C@H](CO)C(C)C)C(C)C. The van der Waals surface area contributed by atoms with Gasteiger partial charge in [-0.1, -0.05) is 53.9 Å². The van der Waals surface area contributed by atoms with E-state index in [2.05, 4.69) is 17.6 Å². The Bertz CT molecular complexity index is 255. The number of amides is 1. The first-order valence-corrected chi connectivity index (χ1v) is 8.08. The summed E-state index contributed by atoms with van der Waals surface area (Å²) in [6, 6.07) is -0.338. The van der Waals surface area contributed by atoms with Crippen LogP contribution >= 0.6 is 0 Å². The summed E-state index contributed by atoms with van der Waals surface area (Å²) in [7, 11) is 0. The zero-order chi connectivity index (χ0) is 15.5. The summed E-state index contributed by atoms with van der Waals surface area (Å²) in [6.07, 6.45) is 4.79. The molecule has 0 aromatic carbocycles. The summed E-state index contributed by atoms with van der Waals surface area (Å²) in [5, 5.41) is 15.6. The minimum atomic E-state index is -0.176. The Morgan fingerprint density at radius 2 is 1.70 bits per heavy atom. The molecule has 4 nitrogen and oxygen atoms in total. The molecule has 0 bridgehead atoms. The number of aliphatic hydroxyl groups is 1. The fourth-order valence-corrected chi connectivity index (χ4v) is 2.14. The molecule has 0 aliphatic carbocycles. The topological polar surface area (TPSA) is 61.4 Å². The van der Waals surface area contributed by atoms with E-state index in [9.17, 15) is 9.90 Å². The molecule has 2 atom stereocenters. The number of nitrogens with one attached hydrogen (secondary N) is 2. The van der Waals surface area contributed by atoms with Gasteiger partial charge in [-0.05, 0) is 24.8 Å². The van der Waals surface area contributed by atoms with Crippen LogP contribution in [-0.4, -0.2) is 36.2 Å². The molecule has 0 aromatic heterocycles. The van der Waals surface area contributed by atoms with Crippen LogP contribution in [0.15, 0.2) is 0 Å². The van der Waals surface area contributed by atoms with Gasteiger partial charge in [0.05, 0.1) is 18.7 Å². The Hall–Kier alpha value is -0.610. The lowest BCUT2D eigenvalue weighted by atomic mass is 10.0. The van der Waals surface area contributed by atoms with Crippen molar-refractivity contribution in [3.63, 3.8) is 0 Å². The van der Waals surface area contributed by atoms with Crippen LogP contribution in [0.4, 0.5) is 0 Å². The monoisotopic (exact) mass is 286 g/mol. The van der Waals surface area contributed by atoms with Crippen LogP contribution in [0.3, 0.4) is 0 Å². The molecule has 4 heteroatoms. The van der Waals surface area contributed by atoms with Gasteiger partial charge >= 0.3 is 0 Å². The van der Waals surface area contributed by atoms with Gasteiger partial charge in [0.25, 0.3) is 0 Å². The molecule has 0 aliphatic heterocycles. The van der Waals surface area contributed by atoms with Gasteiger partial charge in [0.1, 0.15) is 0 Å². The van der Waals surface area contributed by atoms with Crippen molar-refractivity contribution in [2.45, 2.75) is 72.4 Å². The highest BCUT2D eigenvalue weighted by molar-refractivity contribution is 5.82. The summed E-state index contributed by atoms with van der Waals surface area (Å²) in [6.45, 7) is 11.2. The molecule has 0 saturated heterocycles. The van der Waals surface area contributed by atoms with Crippen molar-refractivity contribution in [1.29, 1.82) is 0 Å². The van der Waals surface area contributed by atoms with Crippen LogP contribution in [0.2, 0.25) is 0 Å². The van der Waals surface area contributed by atoms with Crippen LogP contribution < -0.4 is 10.6 Å². The molecule has 3 N–H and O–H groups in total. The second kappa shape index (κ2) is 11.1. The largest absolute Gasteiger partial charge is 0.394 e. The predicted molar refractivity (Wildman–Crippen MR) is 84.6 cm³/mol. The van der Waals surface area contributed by atoms with E-state index in [-0.39, 0.29) is 36.4 Å². The highest BCUT2D eigenvalue weighted by atomic mass is 16.3. The third-order valence-corrected chi connectivity index (χ3v) is 3.67. The van der Waals surface area contributed by atoms with Crippen LogP contribution in [0, 0.1) is 11.8 Å².